The van der Waals surface area contributed by atoms with Crippen molar-refractivity contribution in [3.05, 3.63) is 70.8 Å². The summed E-state index contributed by atoms with van der Waals surface area (Å²) in [5, 5.41) is 18.0. The van der Waals surface area contributed by atoms with Crippen LogP contribution in [0, 0.1) is 25.2 Å². The van der Waals surface area contributed by atoms with Gasteiger partial charge in [0.2, 0.25) is 0 Å². The Morgan fingerprint density at radius 1 is 1.17 bits per heavy atom. The summed E-state index contributed by atoms with van der Waals surface area (Å²) in [5.74, 6) is -0.209. The van der Waals surface area contributed by atoms with Crippen LogP contribution in [-0.2, 0) is 6.42 Å². The van der Waals surface area contributed by atoms with Crippen LogP contribution in [0.4, 0.5) is 0 Å². The number of hydrogen-bond acceptors (Lipinski definition) is 5. The summed E-state index contributed by atoms with van der Waals surface area (Å²) in [6, 6.07) is 15.5. The van der Waals surface area contributed by atoms with E-state index in [4.69, 9.17) is 0 Å². The highest BCUT2D eigenvalue weighted by Crippen LogP contribution is 2.17. The van der Waals surface area contributed by atoms with Gasteiger partial charge in [0.1, 0.15) is 17.3 Å². The highest BCUT2D eigenvalue weighted by atomic mass is 16.1. The summed E-state index contributed by atoms with van der Waals surface area (Å²) >= 11 is 0. The van der Waals surface area contributed by atoms with Gasteiger partial charge in [0.15, 0.2) is 5.65 Å². The molecule has 0 atom stereocenters. The van der Waals surface area contributed by atoms with E-state index in [1.807, 2.05) is 50.2 Å². The molecule has 3 aromatic heterocycles. The van der Waals surface area contributed by atoms with Crippen molar-refractivity contribution >= 4 is 22.5 Å². The van der Waals surface area contributed by atoms with Crippen molar-refractivity contribution in [3.8, 4) is 6.07 Å². The third kappa shape index (κ3) is 3.65. The van der Waals surface area contributed by atoms with Gasteiger partial charge in [-0.3, -0.25) is 4.79 Å². The van der Waals surface area contributed by atoms with E-state index in [1.165, 1.54) is 0 Å². The summed E-state index contributed by atoms with van der Waals surface area (Å²) < 4.78 is 1.71. The standard InChI is InChI=1S/C22H20N6O/c1-14-12-15(2)28-21(25-14)17(13-23)19(27-28)8-5-11-24-22(29)20-10-9-16-6-3-4-7-18(16)26-20/h3-4,6-7,9-10,12H,5,8,11H2,1-2H3,(H,24,29). The van der Waals surface area contributed by atoms with E-state index in [9.17, 15) is 10.1 Å². The fraction of sp³-hybridized carbons (Fsp3) is 0.227. The molecule has 4 aromatic rings. The Hall–Kier alpha value is -3.79. The van der Waals surface area contributed by atoms with Gasteiger partial charge in [-0.1, -0.05) is 24.3 Å². The van der Waals surface area contributed by atoms with E-state index in [1.54, 1.807) is 10.6 Å². The molecule has 1 N–H and O–H groups in total. The molecule has 0 aliphatic heterocycles. The number of pyridine rings is 1. The van der Waals surface area contributed by atoms with Gasteiger partial charge >= 0.3 is 0 Å². The second-order valence-electron chi connectivity index (χ2n) is 6.96. The molecule has 1 amide bonds. The van der Waals surface area contributed by atoms with Crippen molar-refractivity contribution in [2.75, 3.05) is 6.54 Å². The number of aryl methyl sites for hydroxylation is 3. The van der Waals surface area contributed by atoms with E-state index in [-0.39, 0.29) is 5.91 Å². The summed E-state index contributed by atoms with van der Waals surface area (Å²) in [4.78, 5) is 21.2. The second-order valence-corrected chi connectivity index (χ2v) is 6.96. The van der Waals surface area contributed by atoms with Crippen molar-refractivity contribution in [2.45, 2.75) is 26.7 Å². The molecule has 0 aliphatic rings. The number of nitrogens with one attached hydrogen (secondary N) is 1. The van der Waals surface area contributed by atoms with E-state index in [2.05, 4.69) is 26.5 Å². The number of amides is 1. The minimum atomic E-state index is -0.209. The number of rotatable bonds is 5. The van der Waals surface area contributed by atoms with Gasteiger partial charge in [0.25, 0.3) is 5.91 Å². The Balaban J connectivity index is 1.42. The second kappa shape index (κ2) is 7.68. The Morgan fingerprint density at radius 3 is 2.83 bits per heavy atom. The summed E-state index contributed by atoms with van der Waals surface area (Å²) in [6.07, 6.45) is 1.24. The number of nitrogens with zero attached hydrogens (tertiary/aromatic N) is 5. The van der Waals surface area contributed by atoms with Crippen LogP contribution in [0.3, 0.4) is 0 Å². The molecular formula is C22H20N6O. The molecule has 0 unspecified atom stereocenters. The largest absolute Gasteiger partial charge is 0.351 e. The van der Waals surface area contributed by atoms with Crippen LogP contribution in [0.1, 0.15) is 39.6 Å². The molecule has 0 aliphatic carbocycles. The lowest BCUT2D eigenvalue weighted by Crippen LogP contribution is -2.25. The smallest absolute Gasteiger partial charge is 0.269 e. The van der Waals surface area contributed by atoms with Crippen LogP contribution in [0.2, 0.25) is 0 Å². The molecule has 3 heterocycles. The number of para-hydroxylation sites is 1. The molecule has 144 valence electrons. The van der Waals surface area contributed by atoms with Gasteiger partial charge in [0, 0.05) is 23.3 Å². The third-order valence-electron chi connectivity index (χ3n) is 4.79. The summed E-state index contributed by atoms with van der Waals surface area (Å²) in [7, 11) is 0. The van der Waals surface area contributed by atoms with Gasteiger partial charge in [-0.2, -0.15) is 10.4 Å². The number of carbonyl (C=O) groups is 1. The SMILES string of the molecule is Cc1cc(C)n2nc(CCCNC(=O)c3ccc4ccccc4n3)c(C#N)c2n1. The molecule has 7 heteroatoms. The Kier molecular flexibility index (Phi) is 4.92. The predicted molar refractivity (Wildman–Crippen MR) is 110 cm³/mol. The van der Waals surface area contributed by atoms with E-state index in [0.29, 0.717) is 42.0 Å². The van der Waals surface area contributed by atoms with Crippen molar-refractivity contribution in [3.63, 3.8) is 0 Å². The van der Waals surface area contributed by atoms with Crippen molar-refractivity contribution < 1.29 is 4.79 Å². The summed E-state index contributed by atoms with van der Waals surface area (Å²) in [5.41, 5.74) is 4.76. The first-order chi connectivity index (χ1) is 14.1. The highest BCUT2D eigenvalue weighted by molar-refractivity contribution is 5.94. The Labute approximate surface area is 168 Å². The number of nitriles is 1. The minimum absolute atomic E-state index is 0.209. The Morgan fingerprint density at radius 2 is 2.00 bits per heavy atom. The lowest BCUT2D eigenvalue weighted by molar-refractivity contribution is 0.0948. The minimum Gasteiger partial charge on any atom is -0.351 e. The van der Waals surface area contributed by atoms with Crippen LogP contribution >= 0.6 is 0 Å². The van der Waals surface area contributed by atoms with Crippen molar-refractivity contribution in [1.29, 1.82) is 5.26 Å². The zero-order valence-electron chi connectivity index (χ0n) is 16.3. The van der Waals surface area contributed by atoms with Crippen LogP contribution in [-0.4, -0.2) is 32.0 Å². The highest BCUT2D eigenvalue weighted by Gasteiger charge is 2.15. The van der Waals surface area contributed by atoms with Gasteiger partial charge < -0.3 is 5.32 Å². The lowest BCUT2D eigenvalue weighted by atomic mass is 10.1. The lowest BCUT2D eigenvalue weighted by Gasteiger charge is -2.05. The maximum absolute atomic E-state index is 12.4. The fourth-order valence-electron chi connectivity index (χ4n) is 3.40. The van der Waals surface area contributed by atoms with Gasteiger partial charge in [0.05, 0.1) is 11.2 Å². The quantitative estimate of drug-likeness (QED) is 0.533. The van der Waals surface area contributed by atoms with Crippen LogP contribution in [0.15, 0.2) is 42.5 Å². The molecule has 29 heavy (non-hydrogen) atoms. The molecule has 4 rings (SSSR count). The van der Waals surface area contributed by atoms with Crippen LogP contribution in [0.25, 0.3) is 16.6 Å². The molecule has 1 aromatic carbocycles. The predicted octanol–water partition coefficient (Wildman–Crippen LogP) is 3.13. The van der Waals surface area contributed by atoms with E-state index in [0.717, 1.165) is 22.3 Å². The molecule has 0 bridgehead atoms. The maximum Gasteiger partial charge on any atom is 0.269 e. The van der Waals surface area contributed by atoms with Crippen LogP contribution in [0.5, 0.6) is 0 Å². The number of hydrogen-bond donors (Lipinski definition) is 1. The molecule has 0 spiro atoms. The van der Waals surface area contributed by atoms with Crippen LogP contribution < -0.4 is 5.32 Å². The van der Waals surface area contributed by atoms with E-state index < -0.39 is 0 Å². The topological polar surface area (TPSA) is 96.0 Å². The monoisotopic (exact) mass is 384 g/mol. The third-order valence-corrected chi connectivity index (χ3v) is 4.79. The zero-order valence-corrected chi connectivity index (χ0v) is 16.3. The normalized spacial score (nSPS) is 10.9. The maximum atomic E-state index is 12.4. The molecular weight excluding hydrogens is 364 g/mol. The molecule has 0 radical (unpaired) electrons. The molecule has 7 nitrogen and oxygen atoms in total. The first kappa shape index (κ1) is 18.6. The first-order valence-corrected chi connectivity index (χ1v) is 9.47. The van der Waals surface area contributed by atoms with Crippen molar-refractivity contribution in [1.82, 2.24) is 24.9 Å². The number of carbonyl (C=O) groups excluding carboxylic acids is 1. The fourth-order valence-corrected chi connectivity index (χ4v) is 3.40. The van der Waals surface area contributed by atoms with Gasteiger partial charge in [-0.15, -0.1) is 0 Å². The zero-order chi connectivity index (χ0) is 20.4. The number of fused-ring (bicyclic) bond motifs is 2. The molecule has 0 saturated carbocycles. The van der Waals surface area contributed by atoms with Gasteiger partial charge in [-0.05, 0) is 44.9 Å². The molecule has 0 saturated heterocycles. The van der Waals surface area contributed by atoms with Gasteiger partial charge in [-0.25, -0.2) is 14.5 Å². The Bertz CT molecular complexity index is 1270. The average Bonchev–Trinajstić information content (AvgIpc) is 3.08. The first-order valence-electron chi connectivity index (χ1n) is 9.47. The van der Waals surface area contributed by atoms with E-state index >= 15 is 0 Å². The number of benzene rings is 1. The number of aromatic nitrogens is 4. The van der Waals surface area contributed by atoms with Crippen molar-refractivity contribution in [2.24, 2.45) is 0 Å². The molecule has 0 fully saturated rings. The average molecular weight is 384 g/mol. The summed E-state index contributed by atoms with van der Waals surface area (Å²) in [6.45, 7) is 4.31.